The first-order chi connectivity index (χ1) is 29.3. The minimum absolute atomic E-state index is 0.244. The molecule has 0 aromatic heterocycles. The Balaban J connectivity index is 1.54. The number of ether oxygens (including phenoxy) is 6. The Bertz CT molecular complexity index is 2230. The van der Waals surface area contributed by atoms with Crippen molar-refractivity contribution in [2.75, 3.05) is 42.3 Å². The van der Waals surface area contributed by atoms with Crippen molar-refractivity contribution < 1.29 is 42.8 Å². The van der Waals surface area contributed by atoms with Crippen LogP contribution >= 0.6 is 70.6 Å². The monoisotopic (exact) mass is 984 g/mol. The van der Waals surface area contributed by atoms with Crippen molar-refractivity contribution in [2.24, 2.45) is 0 Å². The zero-order chi connectivity index (χ0) is 46.9. The molecule has 64 heavy (non-hydrogen) atoms. The second-order valence-corrected chi connectivity index (χ2v) is 29.4. The summed E-state index contributed by atoms with van der Waals surface area (Å²) in [5, 5.41) is 0. The topological polar surface area (TPSA) is 116 Å². The third kappa shape index (κ3) is 7.28. The van der Waals surface area contributed by atoms with Gasteiger partial charge in [-0.1, -0.05) is 70.6 Å². The Kier molecular flexibility index (Phi) is 10.4. The van der Waals surface area contributed by atoms with Crippen molar-refractivity contribution in [1.29, 1.82) is 0 Å². The second-order valence-electron chi connectivity index (χ2n) is 19.8. The van der Waals surface area contributed by atoms with Crippen LogP contribution in [0.4, 0.5) is 0 Å². The van der Waals surface area contributed by atoms with E-state index in [0.29, 0.717) is 51.2 Å². The molecule has 343 valence electrons. The van der Waals surface area contributed by atoms with Crippen molar-refractivity contribution in [1.82, 2.24) is 14.7 Å². The first-order valence-electron chi connectivity index (χ1n) is 20.9. The quantitative estimate of drug-likeness (QED) is 0.218. The van der Waals surface area contributed by atoms with Gasteiger partial charge in [0.25, 0.3) is 17.7 Å². The molecule has 0 saturated carbocycles. The molecule has 3 aromatic carbocycles. The van der Waals surface area contributed by atoms with Crippen LogP contribution in [-0.2, 0) is 0 Å². The summed E-state index contributed by atoms with van der Waals surface area (Å²) in [5.74, 6) is 2.63. The first-order valence-corrected chi connectivity index (χ1v) is 25.8. The van der Waals surface area contributed by atoms with E-state index in [9.17, 15) is 14.4 Å². The van der Waals surface area contributed by atoms with E-state index in [1.54, 1.807) is 128 Å². The number of carbonyl (C=O) groups is 3. The highest BCUT2D eigenvalue weighted by Gasteiger charge is 2.55. The number of amides is 3. The molecule has 6 aliphatic heterocycles. The molecule has 18 heteroatoms. The first kappa shape index (κ1) is 46.1. The van der Waals surface area contributed by atoms with Crippen LogP contribution in [-0.4, -0.2) is 104 Å². The number of benzene rings is 3. The summed E-state index contributed by atoms with van der Waals surface area (Å²) in [5.41, 5.74) is 3.46. The molecule has 9 rings (SSSR count). The van der Waals surface area contributed by atoms with Crippen LogP contribution in [0.25, 0.3) is 0 Å². The van der Waals surface area contributed by atoms with Crippen LogP contribution in [0.15, 0.2) is 29.4 Å². The van der Waals surface area contributed by atoms with Crippen molar-refractivity contribution in [3.8, 4) is 34.5 Å². The fourth-order valence-electron chi connectivity index (χ4n) is 8.53. The van der Waals surface area contributed by atoms with E-state index in [4.69, 9.17) is 28.4 Å². The maximum absolute atomic E-state index is 14.5. The van der Waals surface area contributed by atoms with Crippen molar-refractivity contribution in [3.05, 3.63) is 39.3 Å². The van der Waals surface area contributed by atoms with E-state index in [-0.39, 0.29) is 17.7 Å². The Morgan fingerprint density at radius 1 is 0.312 bits per heavy atom. The van der Waals surface area contributed by atoms with Crippen molar-refractivity contribution >= 4 is 88.3 Å². The lowest BCUT2D eigenvalue weighted by atomic mass is 9.82. The highest BCUT2D eigenvalue weighted by atomic mass is 32.2. The molecule has 0 atom stereocenters. The van der Waals surface area contributed by atoms with E-state index >= 15 is 0 Å². The maximum atomic E-state index is 14.5. The molecule has 0 N–H and O–H groups in total. The summed E-state index contributed by atoms with van der Waals surface area (Å²) in [6.07, 6.45) is 0. The number of hydrogen-bond acceptors (Lipinski definition) is 15. The standard InChI is InChI=1S/C46H54N3O9S6/c1-41(2)53-26-23(38(50)47(13)14)27-33(60-42(3,4)54-27)20(32(26)59-41)19(21-34-28(55-43(5,6)61-34)24(39(51)48(15)16)29-35(21)62-44(7,8)56-29)22-36-30(57-45(9,10)63-36)25(40(52)49(17)18)31-37(22)64-46(11,12)58-31/h1-18H3. The van der Waals surface area contributed by atoms with E-state index in [0.717, 1.165) is 52.0 Å². The predicted molar refractivity (Wildman–Crippen MR) is 257 cm³/mol. The number of thioether (sulfide) groups is 6. The van der Waals surface area contributed by atoms with Gasteiger partial charge in [-0.3, -0.25) is 14.4 Å². The normalized spacial score (nSPS) is 20.9. The fourth-order valence-corrected chi connectivity index (χ4v) is 15.7. The zero-order valence-corrected chi connectivity index (χ0v) is 44.4. The molecule has 0 bridgehead atoms. The van der Waals surface area contributed by atoms with E-state index in [1.165, 1.54) is 0 Å². The largest absolute Gasteiger partial charge is 0.475 e. The summed E-state index contributed by atoms with van der Waals surface area (Å²) in [6, 6.07) is 0. The molecule has 1 radical (unpaired) electrons. The van der Waals surface area contributed by atoms with Crippen LogP contribution in [0.5, 0.6) is 34.5 Å². The minimum atomic E-state index is -0.796. The minimum Gasteiger partial charge on any atom is -0.475 e. The molecule has 0 fully saturated rings. The van der Waals surface area contributed by atoms with Gasteiger partial charge in [-0.2, -0.15) is 0 Å². The van der Waals surface area contributed by atoms with E-state index < -0.39 is 29.6 Å². The molecule has 0 aliphatic carbocycles. The summed E-state index contributed by atoms with van der Waals surface area (Å²) < 4.78 is 41.4. The second kappa shape index (κ2) is 14.5. The van der Waals surface area contributed by atoms with Gasteiger partial charge in [-0.15, -0.1) is 0 Å². The third-order valence-corrected chi connectivity index (χ3v) is 17.8. The fraction of sp³-hybridized carbons (Fsp3) is 0.522. The number of nitrogens with zero attached hydrogens (tertiary/aromatic N) is 3. The van der Waals surface area contributed by atoms with Crippen LogP contribution in [0.2, 0.25) is 0 Å². The zero-order valence-electron chi connectivity index (χ0n) is 39.5. The third-order valence-electron chi connectivity index (χ3n) is 10.7. The molecular weight excluding hydrogens is 931 g/mol. The lowest BCUT2D eigenvalue weighted by Gasteiger charge is -2.29. The molecule has 6 aliphatic rings. The number of carbonyl (C=O) groups excluding carboxylic acids is 3. The Hall–Kier alpha value is -3.03. The number of rotatable bonds is 6. The molecule has 12 nitrogen and oxygen atoms in total. The Labute approximate surface area is 401 Å². The number of fused-ring (bicyclic) bond motifs is 6. The van der Waals surface area contributed by atoms with Gasteiger partial charge in [0.05, 0.1) is 35.3 Å². The average Bonchev–Trinajstić information content (AvgIpc) is 3.95. The maximum Gasteiger partial charge on any atom is 0.260 e. The molecule has 0 spiro atoms. The van der Waals surface area contributed by atoms with Crippen LogP contribution in [0.1, 0.15) is 131 Å². The highest BCUT2D eigenvalue weighted by molar-refractivity contribution is 8.02. The lowest BCUT2D eigenvalue weighted by molar-refractivity contribution is 0.0802. The van der Waals surface area contributed by atoms with Gasteiger partial charge in [0.1, 0.15) is 16.7 Å². The van der Waals surface area contributed by atoms with Gasteiger partial charge >= 0.3 is 0 Å². The van der Waals surface area contributed by atoms with Gasteiger partial charge in [0.2, 0.25) is 0 Å². The predicted octanol–water partition coefficient (Wildman–Crippen LogP) is 11.1. The lowest BCUT2D eigenvalue weighted by Crippen LogP contribution is -2.26. The van der Waals surface area contributed by atoms with Gasteiger partial charge < -0.3 is 43.1 Å². The van der Waals surface area contributed by atoms with Crippen molar-refractivity contribution in [3.63, 3.8) is 0 Å². The molecule has 3 amide bonds. The van der Waals surface area contributed by atoms with Gasteiger partial charge in [0.15, 0.2) is 64.1 Å². The Morgan fingerprint density at radius 3 is 0.609 bits per heavy atom. The molecule has 3 aromatic rings. The van der Waals surface area contributed by atoms with Crippen LogP contribution < -0.4 is 28.4 Å². The Morgan fingerprint density at radius 2 is 0.469 bits per heavy atom. The smallest absolute Gasteiger partial charge is 0.260 e. The average molecular weight is 985 g/mol. The van der Waals surface area contributed by atoms with Gasteiger partial charge in [-0.25, -0.2) is 0 Å². The molecule has 6 heterocycles. The van der Waals surface area contributed by atoms with Crippen LogP contribution in [0, 0.1) is 5.92 Å². The molecule has 0 saturated heterocycles. The van der Waals surface area contributed by atoms with Gasteiger partial charge in [-0.05, 0) is 83.1 Å². The van der Waals surface area contributed by atoms with Gasteiger partial charge in [0, 0.05) is 59.0 Å². The molecular formula is C46H54N3O9S6. The highest BCUT2D eigenvalue weighted by Crippen LogP contribution is 2.71. The van der Waals surface area contributed by atoms with E-state index in [2.05, 4.69) is 0 Å². The van der Waals surface area contributed by atoms with E-state index in [1.807, 2.05) is 83.1 Å². The molecule has 0 unspecified atom stereocenters. The summed E-state index contributed by atoms with van der Waals surface area (Å²) in [6.45, 7) is 24.0. The summed E-state index contributed by atoms with van der Waals surface area (Å²) in [7, 11) is 10.4. The summed E-state index contributed by atoms with van der Waals surface area (Å²) >= 11 is 9.28. The number of hydrogen-bond donors (Lipinski definition) is 0. The SMILES string of the molecule is CN(C)C(=O)c1c2c(c([C](c3c4c(c(C(=O)N(C)C)c5c3SC(C)(C)O5)OC(C)(C)S4)c3c4c(c(C(=O)N(C)C)c5c3SC(C)(C)O5)OC(C)(C)S4)c3c1OC(C)(C)S3)SC(C)(C)O2. The van der Waals surface area contributed by atoms with Crippen molar-refractivity contribution in [2.45, 2.75) is 142 Å². The van der Waals surface area contributed by atoms with Crippen LogP contribution in [0.3, 0.4) is 0 Å². The summed E-state index contributed by atoms with van der Waals surface area (Å²) in [4.78, 5) is 48.0.